The van der Waals surface area contributed by atoms with E-state index in [0.717, 1.165) is 16.9 Å². The average Bonchev–Trinajstić information content (AvgIpc) is 2.65. The fourth-order valence-corrected chi connectivity index (χ4v) is 2.97. The van der Waals surface area contributed by atoms with Gasteiger partial charge in [-0.2, -0.15) is 0 Å². The molecule has 0 aliphatic carbocycles. The Hall–Kier alpha value is -3.48. The van der Waals surface area contributed by atoms with E-state index in [1.165, 1.54) is 4.90 Å². The summed E-state index contributed by atoms with van der Waals surface area (Å²) < 4.78 is 5.54. The maximum atomic E-state index is 12.7. The first-order valence-electron chi connectivity index (χ1n) is 8.53. The summed E-state index contributed by atoms with van der Waals surface area (Å²) in [7, 11) is 1.68. The van der Waals surface area contributed by atoms with Crippen LogP contribution < -0.4 is 15.0 Å². The van der Waals surface area contributed by atoms with Gasteiger partial charge in [-0.15, -0.1) is 0 Å². The molecular weight excluding hydrogens is 344 g/mol. The highest BCUT2D eigenvalue weighted by atomic mass is 16.5. The molecule has 2 heterocycles. The van der Waals surface area contributed by atoms with E-state index in [1.807, 2.05) is 13.8 Å². The van der Waals surface area contributed by atoms with Crippen molar-refractivity contribution in [1.29, 1.82) is 0 Å². The van der Waals surface area contributed by atoms with Gasteiger partial charge in [0.1, 0.15) is 0 Å². The molecular formula is C20H18N4O3. The van der Waals surface area contributed by atoms with E-state index >= 15 is 0 Å². The predicted octanol–water partition coefficient (Wildman–Crippen LogP) is 2.85. The number of anilines is 2. The smallest absolute Gasteiger partial charge is 0.264 e. The molecule has 2 amide bonds. The number of rotatable bonds is 2. The summed E-state index contributed by atoms with van der Waals surface area (Å²) in [5.41, 5.74) is 4.72. The lowest BCUT2D eigenvalue weighted by Gasteiger charge is -2.27. The molecule has 0 spiro atoms. The number of amides is 2. The van der Waals surface area contributed by atoms with Gasteiger partial charge in [0, 0.05) is 12.6 Å². The number of hydrogen-bond acceptors (Lipinski definition) is 5. The number of carbonyl (C=O) groups is 2. The SMILES string of the molecule is Cc1nc2ccc(C(=O)Nc3cccc4c3OCC(=O)N4C)cc2nc1C. The minimum Gasteiger partial charge on any atom is -0.479 e. The Bertz CT molecular complexity index is 1090. The summed E-state index contributed by atoms with van der Waals surface area (Å²) in [5.74, 6) is 0.0678. The molecule has 0 atom stereocenters. The molecule has 0 saturated carbocycles. The van der Waals surface area contributed by atoms with E-state index < -0.39 is 0 Å². The molecule has 1 aliphatic rings. The molecule has 7 heteroatoms. The van der Waals surface area contributed by atoms with Gasteiger partial charge in [-0.25, -0.2) is 9.97 Å². The van der Waals surface area contributed by atoms with Crippen molar-refractivity contribution in [2.75, 3.05) is 23.9 Å². The Balaban J connectivity index is 1.66. The lowest BCUT2D eigenvalue weighted by molar-refractivity contribution is -0.120. The number of fused-ring (bicyclic) bond motifs is 2. The average molecular weight is 362 g/mol. The van der Waals surface area contributed by atoms with Crippen molar-refractivity contribution in [2.45, 2.75) is 13.8 Å². The van der Waals surface area contributed by atoms with Gasteiger partial charge < -0.3 is 15.0 Å². The van der Waals surface area contributed by atoms with Crippen molar-refractivity contribution < 1.29 is 14.3 Å². The van der Waals surface area contributed by atoms with Crippen LogP contribution >= 0.6 is 0 Å². The molecule has 0 unspecified atom stereocenters. The topological polar surface area (TPSA) is 84.4 Å². The number of nitrogens with one attached hydrogen (secondary N) is 1. The number of aryl methyl sites for hydroxylation is 2. The molecule has 1 aliphatic heterocycles. The Morgan fingerprint density at radius 2 is 1.85 bits per heavy atom. The Labute approximate surface area is 156 Å². The monoisotopic (exact) mass is 362 g/mol. The van der Waals surface area contributed by atoms with Crippen LogP contribution in [0.15, 0.2) is 36.4 Å². The first kappa shape index (κ1) is 17.0. The lowest BCUT2D eigenvalue weighted by Crippen LogP contribution is -2.35. The van der Waals surface area contributed by atoms with Gasteiger partial charge in [0.15, 0.2) is 12.4 Å². The maximum absolute atomic E-state index is 12.7. The van der Waals surface area contributed by atoms with Crippen LogP contribution in [0.4, 0.5) is 11.4 Å². The van der Waals surface area contributed by atoms with Gasteiger partial charge in [-0.1, -0.05) is 6.07 Å². The number of para-hydroxylation sites is 1. The second-order valence-electron chi connectivity index (χ2n) is 6.45. The molecule has 0 saturated heterocycles. The zero-order valence-corrected chi connectivity index (χ0v) is 15.2. The van der Waals surface area contributed by atoms with Gasteiger partial charge >= 0.3 is 0 Å². The Morgan fingerprint density at radius 3 is 2.63 bits per heavy atom. The second-order valence-corrected chi connectivity index (χ2v) is 6.45. The molecule has 2 aromatic carbocycles. The van der Waals surface area contributed by atoms with Crippen LogP contribution in [-0.4, -0.2) is 35.4 Å². The van der Waals surface area contributed by atoms with E-state index in [-0.39, 0.29) is 18.4 Å². The third-order valence-corrected chi connectivity index (χ3v) is 4.66. The number of nitrogens with zero attached hydrogens (tertiary/aromatic N) is 3. The van der Waals surface area contributed by atoms with Gasteiger partial charge in [-0.05, 0) is 44.2 Å². The zero-order valence-electron chi connectivity index (χ0n) is 15.2. The molecule has 4 rings (SSSR count). The number of benzene rings is 2. The number of aromatic nitrogens is 2. The van der Waals surface area contributed by atoms with E-state index in [2.05, 4.69) is 15.3 Å². The Kier molecular flexibility index (Phi) is 3.99. The number of ether oxygens (including phenoxy) is 1. The van der Waals surface area contributed by atoms with E-state index in [1.54, 1.807) is 43.4 Å². The van der Waals surface area contributed by atoms with Crippen LogP contribution in [0.1, 0.15) is 21.7 Å². The molecule has 0 radical (unpaired) electrons. The highest BCUT2D eigenvalue weighted by Crippen LogP contribution is 2.38. The largest absolute Gasteiger partial charge is 0.479 e. The second kappa shape index (κ2) is 6.35. The summed E-state index contributed by atoms with van der Waals surface area (Å²) in [5, 5.41) is 2.86. The normalized spacial score (nSPS) is 13.3. The summed E-state index contributed by atoms with van der Waals surface area (Å²) in [6.45, 7) is 3.74. The summed E-state index contributed by atoms with van der Waals surface area (Å²) in [6.07, 6.45) is 0. The first-order valence-corrected chi connectivity index (χ1v) is 8.53. The standard InChI is InChI=1S/C20H18N4O3/c1-11-12(2)22-16-9-13(7-8-14(16)21-11)20(26)23-15-5-4-6-17-19(15)27-10-18(25)24(17)3/h4-9H,10H2,1-3H3,(H,23,26). The molecule has 1 aromatic heterocycles. The van der Waals surface area contributed by atoms with E-state index in [4.69, 9.17) is 4.74 Å². The van der Waals surface area contributed by atoms with Crippen LogP contribution in [0.5, 0.6) is 5.75 Å². The van der Waals surface area contributed by atoms with Crippen molar-refractivity contribution in [3.8, 4) is 5.75 Å². The van der Waals surface area contributed by atoms with Gasteiger partial charge in [0.2, 0.25) is 0 Å². The van der Waals surface area contributed by atoms with Crippen molar-refractivity contribution >= 4 is 34.2 Å². The van der Waals surface area contributed by atoms with Crippen molar-refractivity contribution in [2.24, 2.45) is 0 Å². The maximum Gasteiger partial charge on any atom is 0.264 e. The molecule has 0 bridgehead atoms. The molecule has 1 N–H and O–H groups in total. The third kappa shape index (κ3) is 2.97. The number of hydrogen-bond donors (Lipinski definition) is 1. The minimum absolute atomic E-state index is 0.0550. The molecule has 3 aromatic rings. The van der Waals surface area contributed by atoms with Crippen LogP contribution in [0.3, 0.4) is 0 Å². The van der Waals surface area contributed by atoms with Gasteiger partial charge in [0.25, 0.3) is 11.8 Å². The summed E-state index contributed by atoms with van der Waals surface area (Å²) in [6, 6.07) is 10.5. The Morgan fingerprint density at radius 1 is 1.11 bits per heavy atom. The number of likely N-dealkylation sites (N-methyl/N-ethyl adjacent to an activating group) is 1. The first-order chi connectivity index (χ1) is 12.9. The third-order valence-electron chi connectivity index (χ3n) is 4.66. The van der Waals surface area contributed by atoms with E-state index in [9.17, 15) is 9.59 Å². The molecule has 7 nitrogen and oxygen atoms in total. The van der Waals surface area contributed by atoms with Crippen LogP contribution in [0, 0.1) is 13.8 Å². The van der Waals surface area contributed by atoms with Crippen molar-refractivity contribution in [3.05, 3.63) is 53.3 Å². The summed E-state index contributed by atoms with van der Waals surface area (Å²) >= 11 is 0. The highest BCUT2D eigenvalue weighted by Gasteiger charge is 2.25. The van der Waals surface area contributed by atoms with Crippen molar-refractivity contribution in [3.63, 3.8) is 0 Å². The quantitative estimate of drug-likeness (QED) is 0.758. The van der Waals surface area contributed by atoms with Crippen LogP contribution in [0.2, 0.25) is 0 Å². The fourth-order valence-electron chi connectivity index (χ4n) is 2.97. The van der Waals surface area contributed by atoms with Crippen LogP contribution in [-0.2, 0) is 4.79 Å². The predicted molar refractivity (Wildman–Crippen MR) is 102 cm³/mol. The van der Waals surface area contributed by atoms with Gasteiger partial charge in [0.05, 0.1) is 33.8 Å². The number of carbonyl (C=O) groups excluding carboxylic acids is 2. The van der Waals surface area contributed by atoms with Crippen LogP contribution in [0.25, 0.3) is 11.0 Å². The lowest BCUT2D eigenvalue weighted by atomic mass is 10.1. The molecule has 136 valence electrons. The highest BCUT2D eigenvalue weighted by molar-refractivity contribution is 6.08. The summed E-state index contributed by atoms with van der Waals surface area (Å²) in [4.78, 5) is 35.0. The molecule has 27 heavy (non-hydrogen) atoms. The fraction of sp³-hybridized carbons (Fsp3) is 0.200. The zero-order chi connectivity index (χ0) is 19.1. The minimum atomic E-state index is -0.284. The van der Waals surface area contributed by atoms with Gasteiger partial charge in [-0.3, -0.25) is 9.59 Å². The van der Waals surface area contributed by atoms with Crippen molar-refractivity contribution in [1.82, 2.24) is 9.97 Å². The van der Waals surface area contributed by atoms with E-state index in [0.29, 0.717) is 28.2 Å². The molecule has 0 fully saturated rings.